The molecule has 0 radical (unpaired) electrons. The SMILES string of the molecule is OCC1CCNc2ccccc2S1. The smallest absolute Gasteiger partial charge is 0.0554 e. The fraction of sp³-hybridized carbons (Fsp3) is 0.400. The van der Waals surface area contributed by atoms with Crippen LogP contribution in [-0.4, -0.2) is 23.5 Å². The van der Waals surface area contributed by atoms with Gasteiger partial charge in [-0.1, -0.05) is 12.1 Å². The van der Waals surface area contributed by atoms with E-state index >= 15 is 0 Å². The molecule has 1 aliphatic rings. The van der Waals surface area contributed by atoms with Gasteiger partial charge in [0.2, 0.25) is 0 Å². The number of hydrogen-bond acceptors (Lipinski definition) is 3. The molecule has 2 nitrogen and oxygen atoms in total. The number of thioether (sulfide) groups is 1. The van der Waals surface area contributed by atoms with E-state index in [-0.39, 0.29) is 6.61 Å². The molecule has 1 aliphatic heterocycles. The summed E-state index contributed by atoms with van der Waals surface area (Å²) in [7, 11) is 0. The second kappa shape index (κ2) is 4.03. The summed E-state index contributed by atoms with van der Waals surface area (Å²) >= 11 is 1.77. The lowest BCUT2D eigenvalue weighted by Crippen LogP contribution is -2.10. The number of aliphatic hydroxyl groups is 1. The molecule has 70 valence electrons. The van der Waals surface area contributed by atoms with Gasteiger partial charge in [-0.2, -0.15) is 0 Å². The number of benzene rings is 1. The first-order valence-electron chi connectivity index (χ1n) is 4.50. The van der Waals surface area contributed by atoms with Gasteiger partial charge in [-0.25, -0.2) is 0 Å². The summed E-state index contributed by atoms with van der Waals surface area (Å²) in [6.07, 6.45) is 1.02. The van der Waals surface area contributed by atoms with Gasteiger partial charge in [0.15, 0.2) is 0 Å². The summed E-state index contributed by atoms with van der Waals surface area (Å²) in [5.74, 6) is 0. The van der Waals surface area contributed by atoms with Crippen LogP contribution in [0.5, 0.6) is 0 Å². The summed E-state index contributed by atoms with van der Waals surface area (Å²) < 4.78 is 0. The number of aliphatic hydroxyl groups excluding tert-OH is 1. The van der Waals surface area contributed by atoms with Gasteiger partial charge in [0.1, 0.15) is 0 Å². The highest BCUT2D eigenvalue weighted by atomic mass is 32.2. The maximum atomic E-state index is 9.09. The lowest BCUT2D eigenvalue weighted by atomic mass is 10.3. The quantitative estimate of drug-likeness (QED) is 0.718. The maximum Gasteiger partial charge on any atom is 0.0554 e. The Morgan fingerprint density at radius 1 is 1.46 bits per heavy atom. The van der Waals surface area contributed by atoms with Crippen LogP contribution >= 0.6 is 11.8 Å². The molecule has 13 heavy (non-hydrogen) atoms. The van der Waals surface area contributed by atoms with Gasteiger partial charge < -0.3 is 10.4 Å². The van der Waals surface area contributed by atoms with Crippen molar-refractivity contribution in [3.05, 3.63) is 24.3 Å². The standard InChI is InChI=1S/C10H13NOS/c12-7-8-5-6-11-9-3-1-2-4-10(9)13-8/h1-4,8,11-12H,5-7H2. The molecular formula is C10H13NOS. The topological polar surface area (TPSA) is 32.3 Å². The summed E-state index contributed by atoms with van der Waals surface area (Å²) in [5, 5.41) is 12.8. The summed E-state index contributed by atoms with van der Waals surface area (Å²) in [6.45, 7) is 1.22. The van der Waals surface area contributed by atoms with E-state index in [4.69, 9.17) is 5.11 Å². The highest BCUT2D eigenvalue weighted by Crippen LogP contribution is 2.33. The minimum absolute atomic E-state index is 0.265. The van der Waals surface area contributed by atoms with Gasteiger partial charge in [0.25, 0.3) is 0 Å². The van der Waals surface area contributed by atoms with E-state index < -0.39 is 0 Å². The lowest BCUT2D eigenvalue weighted by molar-refractivity contribution is 0.292. The molecule has 0 aliphatic carbocycles. The van der Waals surface area contributed by atoms with Crippen LogP contribution in [-0.2, 0) is 0 Å². The molecule has 0 saturated carbocycles. The van der Waals surface area contributed by atoms with Gasteiger partial charge in [-0.3, -0.25) is 0 Å². The summed E-state index contributed by atoms with van der Waals surface area (Å²) in [6, 6.07) is 8.25. The molecule has 1 atom stereocenters. The van der Waals surface area contributed by atoms with Gasteiger partial charge in [0, 0.05) is 22.4 Å². The van der Waals surface area contributed by atoms with Crippen molar-refractivity contribution < 1.29 is 5.11 Å². The Hall–Kier alpha value is -0.670. The molecule has 2 N–H and O–H groups in total. The van der Waals surface area contributed by atoms with E-state index in [0.717, 1.165) is 13.0 Å². The molecule has 0 amide bonds. The number of nitrogens with one attached hydrogen (secondary N) is 1. The third-order valence-corrected chi connectivity index (χ3v) is 3.49. The normalized spacial score (nSPS) is 21.5. The summed E-state index contributed by atoms with van der Waals surface area (Å²) in [5.41, 5.74) is 1.20. The van der Waals surface area contributed by atoms with Crippen LogP contribution in [0.2, 0.25) is 0 Å². The monoisotopic (exact) mass is 195 g/mol. The first-order valence-corrected chi connectivity index (χ1v) is 5.38. The molecule has 0 aromatic heterocycles. The van der Waals surface area contributed by atoms with Gasteiger partial charge in [0.05, 0.1) is 6.61 Å². The van der Waals surface area contributed by atoms with E-state index in [1.54, 1.807) is 11.8 Å². The predicted octanol–water partition coefficient (Wildman–Crippen LogP) is 1.96. The first-order chi connectivity index (χ1) is 6.40. The van der Waals surface area contributed by atoms with E-state index in [1.165, 1.54) is 10.6 Å². The predicted molar refractivity (Wildman–Crippen MR) is 56.3 cm³/mol. The molecular weight excluding hydrogens is 182 g/mol. The molecule has 0 saturated heterocycles. The Morgan fingerprint density at radius 2 is 2.31 bits per heavy atom. The third-order valence-electron chi connectivity index (χ3n) is 2.17. The molecule has 0 spiro atoms. The molecule has 2 rings (SSSR count). The van der Waals surface area contributed by atoms with Crippen molar-refractivity contribution in [2.45, 2.75) is 16.6 Å². The Kier molecular flexibility index (Phi) is 2.76. The highest BCUT2D eigenvalue weighted by Gasteiger charge is 2.15. The Labute approximate surface area is 82.4 Å². The average molecular weight is 195 g/mol. The molecule has 0 bridgehead atoms. The van der Waals surface area contributed by atoms with Crippen molar-refractivity contribution in [1.29, 1.82) is 0 Å². The fourth-order valence-corrected chi connectivity index (χ4v) is 2.54. The van der Waals surface area contributed by atoms with Crippen LogP contribution < -0.4 is 5.32 Å². The van der Waals surface area contributed by atoms with Crippen LogP contribution in [0.15, 0.2) is 29.2 Å². The van der Waals surface area contributed by atoms with Crippen LogP contribution in [0.3, 0.4) is 0 Å². The van der Waals surface area contributed by atoms with Gasteiger partial charge in [-0.15, -0.1) is 11.8 Å². The Bertz CT molecular complexity index is 290. The highest BCUT2D eigenvalue weighted by molar-refractivity contribution is 8.00. The Balaban J connectivity index is 2.23. The van der Waals surface area contributed by atoms with Crippen LogP contribution in [0.25, 0.3) is 0 Å². The van der Waals surface area contributed by atoms with Crippen molar-refractivity contribution in [2.24, 2.45) is 0 Å². The number of hydrogen-bond donors (Lipinski definition) is 2. The van der Waals surface area contributed by atoms with Crippen molar-refractivity contribution >= 4 is 17.4 Å². The van der Waals surface area contributed by atoms with Crippen LogP contribution in [0.1, 0.15) is 6.42 Å². The second-order valence-electron chi connectivity index (χ2n) is 3.13. The number of anilines is 1. The minimum Gasteiger partial charge on any atom is -0.395 e. The van der Waals surface area contributed by atoms with Crippen molar-refractivity contribution in [3.8, 4) is 0 Å². The van der Waals surface area contributed by atoms with E-state index in [1.807, 2.05) is 12.1 Å². The first kappa shape index (κ1) is 8.91. The van der Waals surface area contributed by atoms with Gasteiger partial charge in [-0.05, 0) is 18.6 Å². The van der Waals surface area contributed by atoms with Crippen molar-refractivity contribution in [1.82, 2.24) is 0 Å². The minimum atomic E-state index is 0.265. The van der Waals surface area contributed by atoms with E-state index in [0.29, 0.717) is 5.25 Å². The van der Waals surface area contributed by atoms with Crippen molar-refractivity contribution in [3.63, 3.8) is 0 Å². The second-order valence-corrected chi connectivity index (χ2v) is 4.48. The lowest BCUT2D eigenvalue weighted by Gasteiger charge is -2.08. The molecule has 3 heteroatoms. The fourth-order valence-electron chi connectivity index (χ4n) is 1.45. The summed E-state index contributed by atoms with van der Waals surface area (Å²) in [4.78, 5) is 1.25. The van der Waals surface area contributed by atoms with Gasteiger partial charge >= 0.3 is 0 Å². The van der Waals surface area contributed by atoms with Crippen LogP contribution in [0.4, 0.5) is 5.69 Å². The zero-order valence-electron chi connectivity index (χ0n) is 7.36. The molecule has 1 aromatic rings. The molecule has 1 aromatic carbocycles. The third kappa shape index (κ3) is 1.98. The van der Waals surface area contributed by atoms with E-state index in [9.17, 15) is 0 Å². The maximum absolute atomic E-state index is 9.09. The zero-order valence-corrected chi connectivity index (χ0v) is 8.18. The molecule has 0 fully saturated rings. The molecule has 1 heterocycles. The van der Waals surface area contributed by atoms with Crippen LogP contribution in [0, 0.1) is 0 Å². The Morgan fingerprint density at radius 3 is 3.15 bits per heavy atom. The largest absolute Gasteiger partial charge is 0.395 e. The number of rotatable bonds is 1. The number of para-hydroxylation sites is 1. The average Bonchev–Trinajstić information content (AvgIpc) is 2.38. The van der Waals surface area contributed by atoms with Crippen molar-refractivity contribution in [2.75, 3.05) is 18.5 Å². The molecule has 1 unspecified atom stereocenters. The number of fused-ring (bicyclic) bond motifs is 1. The van der Waals surface area contributed by atoms with E-state index in [2.05, 4.69) is 17.4 Å². The zero-order chi connectivity index (χ0) is 9.10.